The van der Waals surface area contributed by atoms with Crippen LogP contribution in [0.5, 0.6) is 0 Å². The quantitative estimate of drug-likeness (QED) is 0.838. The van der Waals surface area contributed by atoms with Crippen LogP contribution in [0, 0.1) is 17.8 Å². The van der Waals surface area contributed by atoms with Crippen LogP contribution in [-0.4, -0.2) is 55.3 Å². The van der Waals surface area contributed by atoms with E-state index in [1.54, 1.807) is 0 Å². The fourth-order valence-electron chi connectivity index (χ4n) is 4.48. The summed E-state index contributed by atoms with van der Waals surface area (Å²) in [7, 11) is 0. The molecule has 0 aromatic rings. The molecule has 1 atom stereocenters. The van der Waals surface area contributed by atoms with Crippen molar-refractivity contribution in [2.75, 3.05) is 32.8 Å². The molecule has 1 spiro atoms. The number of ether oxygens (including phenoxy) is 2. The summed E-state index contributed by atoms with van der Waals surface area (Å²) < 4.78 is 11.5. The SMILES string of the molecule is O=C(NCC1CCC2(CC1)OCCO2)C1CCCN(C(=O)C2CC2)C1. The summed E-state index contributed by atoms with van der Waals surface area (Å²) in [6.45, 7) is 3.58. The molecule has 1 unspecified atom stereocenters. The largest absolute Gasteiger partial charge is 0.356 e. The maximum absolute atomic E-state index is 12.5. The van der Waals surface area contributed by atoms with E-state index >= 15 is 0 Å². The van der Waals surface area contributed by atoms with Gasteiger partial charge in [0.25, 0.3) is 0 Å². The average Bonchev–Trinajstić information content (AvgIpc) is 3.41. The third-order valence-corrected chi connectivity index (χ3v) is 6.28. The van der Waals surface area contributed by atoms with Gasteiger partial charge in [-0.2, -0.15) is 0 Å². The molecule has 2 saturated carbocycles. The summed E-state index contributed by atoms with van der Waals surface area (Å²) in [5, 5.41) is 3.15. The van der Waals surface area contributed by atoms with Gasteiger partial charge in [0.2, 0.25) is 11.8 Å². The van der Waals surface area contributed by atoms with Crippen molar-refractivity contribution < 1.29 is 19.1 Å². The average molecular weight is 350 g/mol. The summed E-state index contributed by atoms with van der Waals surface area (Å²) >= 11 is 0. The molecule has 25 heavy (non-hydrogen) atoms. The van der Waals surface area contributed by atoms with Crippen LogP contribution in [0.1, 0.15) is 51.4 Å². The van der Waals surface area contributed by atoms with E-state index in [-0.39, 0.29) is 29.4 Å². The number of nitrogens with one attached hydrogen (secondary N) is 1. The molecule has 0 radical (unpaired) electrons. The lowest BCUT2D eigenvalue weighted by Crippen LogP contribution is -2.47. The highest BCUT2D eigenvalue weighted by Gasteiger charge is 2.40. The van der Waals surface area contributed by atoms with Gasteiger partial charge < -0.3 is 19.7 Å². The van der Waals surface area contributed by atoms with E-state index in [9.17, 15) is 9.59 Å². The van der Waals surface area contributed by atoms with Gasteiger partial charge in [0.1, 0.15) is 0 Å². The van der Waals surface area contributed by atoms with E-state index in [0.717, 1.165) is 64.5 Å². The molecule has 6 heteroatoms. The molecule has 2 aliphatic carbocycles. The van der Waals surface area contributed by atoms with Crippen molar-refractivity contribution in [1.29, 1.82) is 0 Å². The van der Waals surface area contributed by atoms with Crippen molar-refractivity contribution in [3.63, 3.8) is 0 Å². The second-order valence-corrected chi connectivity index (χ2v) is 8.19. The summed E-state index contributed by atoms with van der Waals surface area (Å²) in [6.07, 6.45) is 7.84. The lowest BCUT2D eigenvalue weighted by molar-refractivity contribution is -0.182. The maximum atomic E-state index is 12.5. The van der Waals surface area contributed by atoms with E-state index in [1.165, 1.54) is 0 Å². The van der Waals surface area contributed by atoms with Crippen LogP contribution in [0.15, 0.2) is 0 Å². The molecular formula is C19H30N2O4. The third-order valence-electron chi connectivity index (χ3n) is 6.28. The van der Waals surface area contributed by atoms with Crippen molar-refractivity contribution >= 4 is 11.8 Å². The smallest absolute Gasteiger partial charge is 0.225 e. The van der Waals surface area contributed by atoms with Crippen LogP contribution in [0.4, 0.5) is 0 Å². The second-order valence-electron chi connectivity index (χ2n) is 8.19. The number of piperidine rings is 1. The van der Waals surface area contributed by atoms with Crippen molar-refractivity contribution in [2.24, 2.45) is 17.8 Å². The van der Waals surface area contributed by atoms with Gasteiger partial charge in [-0.25, -0.2) is 0 Å². The Bertz CT molecular complexity index is 504. The van der Waals surface area contributed by atoms with Gasteiger partial charge in [-0.15, -0.1) is 0 Å². The molecule has 2 aliphatic heterocycles. The zero-order valence-electron chi connectivity index (χ0n) is 15.0. The molecule has 0 bridgehead atoms. The number of rotatable bonds is 4. The van der Waals surface area contributed by atoms with Crippen molar-refractivity contribution in [2.45, 2.75) is 57.2 Å². The Balaban J connectivity index is 1.20. The van der Waals surface area contributed by atoms with Crippen LogP contribution in [0.3, 0.4) is 0 Å². The maximum Gasteiger partial charge on any atom is 0.225 e. The first-order valence-electron chi connectivity index (χ1n) is 10.00. The fraction of sp³-hybridized carbons (Fsp3) is 0.895. The number of carbonyl (C=O) groups excluding carboxylic acids is 2. The van der Waals surface area contributed by atoms with Crippen LogP contribution < -0.4 is 5.32 Å². The number of likely N-dealkylation sites (tertiary alicyclic amines) is 1. The summed E-state index contributed by atoms with van der Waals surface area (Å²) in [5.74, 6) is 0.793. The molecule has 0 aromatic carbocycles. The number of nitrogens with zero attached hydrogens (tertiary/aromatic N) is 1. The van der Waals surface area contributed by atoms with Gasteiger partial charge in [-0.3, -0.25) is 9.59 Å². The van der Waals surface area contributed by atoms with Gasteiger partial charge in [0.15, 0.2) is 5.79 Å². The molecule has 2 saturated heterocycles. The minimum absolute atomic E-state index is 0.0344. The zero-order valence-corrected chi connectivity index (χ0v) is 15.0. The van der Waals surface area contributed by atoms with E-state index in [4.69, 9.17) is 9.47 Å². The first kappa shape index (κ1) is 17.3. The molecular weight excluding hydrogens is 320 g/mol. The van der Waals surface area contributed by atoms with Crippen LogP contribution >= 0.6 is 0 Å². The van der Waals surface area contributed by atoms with Crippen molar-refractivity contribution in [3.05, 3.63) is 0 Å². The minimum atomic E-state index is -0.326. The third kappa shape index (κ3) is 4.00. The molecule has 2 heterocycles. The lowest BCUT2D eigenvalue weighted by atomic mass is 9.85. The normalized spacial score (nSPS) is 29.8. The van der Waals surface area contributed by atoms with E-state index < -0.39 is 0 Å². The van der Waals surface area contributed by atoms with Crippen LogP contribution in [0.2, 0.25) is 0 Å². The Morgan fingerprint density at radius 3 is 2.40 bits per heavy atom. The Hall–Kier alpha value is -1.14. The Kier molecular flexibility index (Phi) is 5.00. The summed E-state index contributed by atoms with van der Waals surface area (Å²) in [4.78, 5) is 26.7. The van der Waals surface area contributed by atoms with Gasteiger partial charge >= 0.3 is 0 Å². The van der Waals surface area contributed by atoms with Gasteiger partial charge in [-0.05, 0) is 44.4 Å². The Labute approximate surface area is 149 Å². The molecule has 2 amide bonds. The predicted octanol–water partition coefficient (Wildman–Crippen LogP) is 1.68. The first-order chi connectivity index (χ1) is 12.2. The highest BCUT2D eigenvalue weighted by atomic mass is 16.7. The van der Waals surface area contributed by atoms with Gasteiger partial charge in [-0.1, -0.05) is 0 Å². The van der Waals surface area contributed by atoms with Crippen LogP contribution in [-0.2, 0) is 19.1 Å². The van der Waals surface area contributed by atoms with E-state index in [1.807, 2.05) is 4.90 Å². The second kappa shape index (κ2) is 7.23. The lowest BCUT2D eigenvalue weighted by Gasteiger charge is -2.36. The molecule has 1 N–H and O–H groups in total. The summed E-state index contributed by atoms with van der Waals surface area (Å²) in [5.41, 5.74) is 0. The molecule has 0 aromatic heterocycles. The van der Waals surface area contributed by atoms with Crippen LogP contribution in [0.25, 0.3) is 0 Å². The predicted molar refractivity (Wildman–Crippen MR) is 91.6 cm³/mol. The monoisotopic (exact) mass is 350 g/mol. The summed E-state index contributed by atoms with van der Waals surface area (Å²) in [6, 6.07) is 0. The number of amides is 2. The molecule has 4 aliphatic rings. The number of hydrogen-bond donors (Lipinski definition) is 1. The highest BCUT2D eigenvalue weighted by Crippen LogP contribution is 2.38. The first-order valence-corrected chi connectivity index (χ1v) is 10.00. The molecule has 4 rings (SSSR count). The Morgan fingerprint density at radius 2 is 1.72 bits per heavy atom. The van der Waals surface area contributed by atoms with Crippen molar-refractivity contribution in [1.82, 2.24) is 10.2 Å². The Morgan fingerprint density at radius 1 is 1.00 bits per heavy atom. The highest BCUT2D eigenvalue weighted by molar-refractivity contribution is 5.83. The molecule has 6 nitrogen and oxygen atoms in total. The zero-order chi connectivity index (χ0) is 17.3. The van der Waals surface area contributed by atoms with Gasteiger partial charge in [0.05, 0.1) is 19.1 Å². The van der Waals surface area contributed by atoms with Crippen molar-refractivity contribution in [3.8, 4) is 0 Å². The number of carbonyl (C=O) groups is 2. The fourth-order valence-corrected chi connectivity index (χ4v) is 4.48. The standard InChI is InChI=1S/C19H30N2O4/c22-17(16-2-1-9-21(13-16)18(23)15-3-4-15)20-12-14-5-7-19(8-6-14)24-10-11-25-19/h14-16H,1-13H2,(H,20,22). The van der Waals surface area contributed by atoms with E-state index in [2.05, 4.69) is 5.32 Å². The molecule has 4 fully saturated rings. The number of hydrogen-bond acceptors (Lipinski definition) is 4. The van der Waals surface area contributed by atoms with E-state index in [0.29, 0.717) is 25.7 Å². The topological polar surface area (TPSA) is 67.9 Å². The molecule has 140 valence electrons. The minimum Gasteiger partial charge on any atom is -0.356 e. The van der Waals surface area contributed by atoms with Gasteiger partial charge in [0, 0.05) is 38.4 Å².